The van der Waals surface area contributed by atoms with Crippen molar-refractivity contribution in [3.05, 3.63) is 60.2 Å². The third-order valence-electron chi connectivity index (χ3n) is 2.81. The van der Waals surface area contributed by atoms with Crippen molar-refractivity contribution < 1.29 is 0 Å². The number of nitrogens with zero attached hydrogens (tertiary/aromatic N) is 1. The van der Waals surface area contributed by atoms with Crippen molar-refractivity contribution in [2.45, 2.75) is 6.92 Å². The number of rotatable bonds is 3. The molecule has 17 heavy (non-hydrogen) atoms. The van der Waals surface area contributed by atoms with Crippen LogP contribution in [0.2, 0.25) is 0 Å². The van der Waals surface area contributed by atoms with Crippen LogP contribution in [0.4, 0.5) is 5.69 Å². The molecule has 0 radical (unpaired) electrons. The Bertz CT molecular complexity index is 550. The van der Waals surface area contributed by atoms with Crippen LogP contribution in [0, 0.1) is 6.92 Å². The Hall–Kier alpha value is -2.15. The van der Waals surface area contributed by atoms with Gasteiger partial charge in [-0.1, -0.05) is 60.7 Å². The van der Waals surface area contributed by atoms with Crippen molar-refractivity contribution in [3.8, 4) is 11.1 Å². The van der Waals surface area contributed by atoms with E-state index in [1.54, 1.807) is 0 Å². The average molecular weight is 221 g/mol. The second-order valence-electron chi connectivity index (χ2n) is 3.97. The van der Waals surface area contributed by atoms with E-state index in [0.29, 0.717) is 0 Å². The fourth-order valence-corrected chi connectivity index (χ4v) is 1.87. The highest BCUT2D eigenvalue weighted by Crippen LogP contribution is 2.33. The van der Waals surface area contributed by atoms with E-state index in [-0.39, 0.29) is 0 Å². The van der Waals surface area contributed by atoms with Crippen molar-refractivity contribution in [2.24, 2.45) is 4.99 Å². The van der Waals surface area contributed by atoms with Crippen molar-refractivity contribution in [2.75, 3.05) is 0 Å². The Labute approximate surface area is 102 Å². The van der Waals surface area contributed by atoms with Crippen LogP contribution in [0.15, 0.2) is 54.0 Å². The molecule has 0 spiro atoms. The maximum Gasteiger partial charge on any atom is 0.0772 e. The van der Waals surface area contributed by atoms with E-state index in [1.165, 1.54) is 5.56 Å². The van der Waals surface area contributed by atoms with E-state index in [2.05, 4.69) is 55.5 Å². The van der Waals surface area contributed by atoms with Crippen LogP contribution in [-0.4, -0.2) is 6.72 Å². The van der Waals surface area contributed by atoms with Gasteiger partial charge < -0.3 is 0 Å². The largest absolute Gasteiger partial charge is 0.263 e. The predicted molar refractivity (Wildman–Crippen MR) is 75.9 cm³/mol. The summed E-state index contributed by atoms with van der Waals surface area (Å²) in [5, 5.41) is 0. The van der Waals surface area contributed by atoms with Gasteiger partial charge in [0.25, 0.3) is 0 Å². The molecule has 0 fully saturated rings. The van der Waals surface area contributed by atoms with Crippen LogP contribution in [-0.2, 0) is 0 Å². The number of para-hydroxylation sites is 1. The highest BCUT2D eigenvalue weighted by Gasteiger charge is 2.06. The van der Waals surface area contributed by atoms with Gasteiger partial charge in [-0.3, -0.25) is 4.99 Å². The standard InChI is InChI=1S/C16H15N/c1-4-13-6-5-7-15(16(13)17-3)14-10-8-12(2)9-11-14/h4-11H,1,3H2,2H3. The molecule has 0 aliphatic heterocycles. The van der Waals surface area contributed by atoms with Gasteiger partial charge in [-0.2, -0.15) is 0 Å². The van der Waals surface area contributed by atoms with Gasteiger partial charge >= 0.3 is 0 Å². The molecule has 0 amide bonds. The molecule has 0 bridgehead atoms. The summed E-state index contributed by atoms with van der Waals surface area (Å²) in [6.07, 6.45) is 1.81. The third-order valence-corrected chi connectivity index (χ3v) is 2.81. The summed E-state index contributed by atoms with van der Waals surface area (Å²) in [6, 6.07) is 14.5. The first kappa shape index (κ1) is 11.3. The van der Waals surface area contributed by atoms with Gasteiger partial charge in [0, 0.05) is 11.1 Å². The van der Waals surface area contributed by atoms with Crippen molar-refractivity contribution in [3.63, 3.8) is 0 Å². The third kappa shape index (κ3) is 2.18. The molecule has 2 rings (SSSR count). The SMILES string of the molecule is C=Cc1cccc(-c2ccc(C)cc2)c1N=C. The van der Waals surface area contributed by atoms with E-state index in [0.717, 1.165) is 22.4 Å². The number of aryl methyl sites for hydroxylation is 1. The monoisotopic (exact) mass is 221 g/mol. The molecule has 2 aromatic carbocycles. The van der Waals surface area contributed by atoms with Crippen molar-refractivity contribution in [1.29, 1.82) is 0 Å². The van der Waals surface area contributed by atoms with Gasteiger partial charge in [0.15, 0.2) is 0 Å². The molecule has 0 saturated heterocycles. The first-order valence-electron chi connectivity index (χ1n) is 5.55. The first-order chi connectivity index (χ1) is 8.26. The molecule has 1 nitrogen and oxygen atoms in total. The van der Waals surface area contributed by atoms with E-state index in [1.807, 2.05) is 18.2 Å². The van der Waals surface area contributed by atoms with Crippen LogP contribution in [0.25, 0.3) is 17.2 Å². The minimum Gasteiger partial charge on any atom is -0.263 e. The molecule has 1 heteroatoms. The van der Waals surface area contributed by atoms with Crippen LogP contribution in [0.1, 0.15) is 11.1 Å². The molecule has 0 unspecified atom stereocenters. The average Bonchev–Trinajstić information content (AvgIpc) is 2.38. The molecule has 0 atom stereocenters. The molecule has 84 valence electrons. The molecule has 0 heterocycles. The van der Waals surface area contributed by atoms with Crippen LogP contribution in [0.3, 0.4) is 0 Å². The molecule has 0 N–H and O–H groups in total. The summed E-state index contributed by atoms with van der Waals surface area (Å²) in [4.78, 5) is 4.12. The Morgan fingerprint density at radius 1 is 1.06 bits per heavy atom. The molecule has 0 saturated carbocycles. The summed E-state index contributed by atoms with van der Waals surface area (Å²) < 4.78 is 0. The van der Waals surface area contributed by atoms with Gasteiger partial charge in [0.2, 0.25) is 0 Å². The maximum absolute atomic E-state index is 4.12. The van der Waals surface area contributed by atoms with Gasteiger partial charge in [0.1, 0.15) is 0 Å². The zero-order chi connectivity index (χ0) is 12.3. The minimum absolute atomic E-state index is 0.895. The van der Waals surface area contributed by atoms with Gasteiger partial charge in [0.05, 0.1) is 5.69 Å². The second-order valence-corrected chi connectivity index (χ2v) is 3.97. The Balaban J connectivity index is 2.62. The molecular formula is C16H15N. The number of hydrogen-bond acceptors (Lipinski definition) is 1. The molecule has 0 aliphatic carbocycles. The Kier molecular flexibility index (Phi) is 3.20. The topological polar surface area (TPSA) is 12.4 Å². The lowest BCUT2D eigenvalue weighted by molar-refractivity contribution is 1.45. The van der Waals surface area contributed by atoms with Gasteiger partial charge in [-0.25, -0.2) is 0 Å². The summed E-state index contributed by atoms with van der Waals surface area (Å²) in [5.41, 5.74) is 5.41. The van der Waals surface area contributed by atoms with Crippen LogP contribution < -0.4 is 0 Å². The van der Waals surface area contributed by atoms with E-state index in [9.17, 15) is 0 Å². The van der Waals surface area contributed by atoms with Crippen LogP contribution in [0.5, 0.6) is 0 Å². The summed E-state index contributed by atoms with van der Waals surface area (Å²) >= 11 is 0. The van der Waals surface area contributed by atoms with E-state index < -0.39 is 0 Å². The summed E-state index contributed by atoms with van der Waals surface area (Å²) in [7, 11) is 0. The zero-order valence-electron chi connectivity index (χ0n) is 9.98. The minimum atomic E-state index is 0.895. The lowest BCUT2D eigenvalue weighted by Gasteiger charge is -2.08. The molecule has 0 aromatic heterocycles. The van der Waals surface area contributed by atoms with E-state index in [4.69, 9.17) is 0 Å². The van der Waals surface area contributed by atoms with Gasteiger partial charge in [-0.05, 0) is 19.2 Å². The normalized spacial score (nSPS) is 9.94. The fraction of sp³-hybridized carbons (Fsp3) is 0.0625. The zero-order valence-corrected chi connectivity index (χ0v) is 9.98. The van der Waals surface area contributed by atoms with Gasteiger partial charge in [-0.15, -0.1) is 0 Å². The highest BCUT2D eigenvalue weighted by molar-refractivity contribution is 5.83. The Morgan fingerprint density at radius 3 is 2.35 bits per heavy atom. The van der Waals surface area contributed by atoms with E-state index >= 15 is 0 Å². The second kappa shape index (κ2) is 4.79. The van der Waals surface area contributed by atoms with Crippen LogP contribution >= 0.6 is 0 Å². The highest BCUT2D eigenvalue weighted by atomic mass is 14.7. The quantitative estimate of drug-likeness (QED) is 0.670. The lowest BCUT2D eigenvalue weighted by Crippen LogP contribution is -1.82. The number of hydrogen-bond donors (Lipinski definition) is 0. The maximum atomic E-state index is 4.12. The van der Waals surface area contributed by atoms with Crippen molar-refractivity contribution in [1.82, 2.24) is 0 Å². The number of benzene rings is 2. The molecular weight excluding hydrogens is 206 g/mol. The first-order valence-corrected chi connectivity index (χ1v) is 5.55. The summed E-state index contributed by atoms with van der Waals surface area (Å²) in [5.74, 6) is 0. The lowest BCUT2D eigenvalue weighted by atomic mass is 9.99. The molecule has 0 aliphatic rings. The van der Waals surface area contributed by atoms with Crippen molar-refractivity contribution >= 4 is 18.5 Å². The Morgan fingerprint density at radius 2 is 1.76 bits per heavy atom. The predicted octanol–water partition coefficient (Wildman–Crippen LogP) is 4.64. The smallest absolute Gasteiger partial charge is 0.0772 e. The number of aliphatic imine (C=N–C) groups is 1. The molecule has 2 aromatic rings. The summed E-state index contributed by atoms with van der Waals surface area (Å²) in [6.45, 7) is 9.53. The fourth-order valence-electron chi connectivity index (χ4n) is 1.87.